The normalized spacial score (nSPS) is 14.4. The van der Waals surface area contributed by atoms with Gasteiger partial charge in [-0.05, 0) is 12.8 Å². The van der Waals surface area contributed by atoms with Gasteiger partial charge in [0.25, 0.3) is 0 Å². The number of thiazole rings is 1. The maximum absolute atomic E-state index is 11.5. The zero-order chi connectivity index (χ0) is 12.4. The van der Waals surface area contributed by atoms with Crippen LogP contribution in [0, 0.1) is 0 Å². The van der Waals surface area contributed by atoms with Crippen molar-refractivity contribution < 1.29 is 9.21 Å². The highest BCUT2D eigenvalue weighted by Crippen LogP contribution is 2.39. The van der Waals surface area contributed by atoms with Crippen molar-refractivity contribution in [2.24, 2.45) is 0 Å². The summed E-state index contributed by atoms with van der Waals surface area (Å²) < 4.78 is 5.53. The average molecular weight is 264 g/mol. The second-order valence-corrected chi connectivity index (χ2v) is 4.98. The number of oxazole rings is 1. The quantitative estimate of drug-likeness (QED) is 0.888. The lowest BCUT2D eigenvalue weighted by Crippen LogP contribution is -2.27. The van der Waals surface area contributed by atoms with Gasteiger partial charge in [0, 0.05) is 17.5 Å². The number of rotatable bonds is 4. The molecule has 0 unspecified atom stereocenters. The van der Waals surface area contributed by atoms with Crippen molar-refractivity contribution in [3.05, 3.63) is 29.4 Å². The number of nitrogens with zero attached hydrogens (tertiary/aromatic N) is 2. The van der Waals surface area contributed by atoms with Crippen LogP contribution in [0.2, 0.25) is 0 Å². The summed E-state index contributed by atoms with van der Waals surface area (Å²) in [6.45, 7) is 0.330. The van der Waals surface area contributed by atoms with E-state index in [-0.39, 0.29) is 6.03 Å². The molecule has 18 heavy (non-hydrogen) atoms. The molecule has 3 rings (SSSR count). The Bertz CT molecular complexity index is 533. The van der Waals surface area contributed by atoms with Crippen molar-refractivity contribution >= 4 is 22.5 Å². The first-order valence-electron chi connectivity index (χ1n) is 5.70. The summed E-state index contributed by atoms with van der Waals surface area (Å²) in [4.78, 5) is 19.7. The van der Waals surface area contributed by atoms with Gasteiger partial charge in [0.2, 0.25) is 0 Å². The molecule has 2 heterocycles. The van der Waals surface area contributed by atoms with Gasteiger partial charge in [-0.25, -0.2) is 14.8 Å². The molecule has 0 aliphatic heterocycles. The number of hydrogen-bond acceptors (Lipinski definition) is 5. The van der Waals surface area contributed by atoms with Crippen molar-refractivity contribution in [2.75, 3.05) is 5.32 Å². The number of nitrogens with one attached hydrogen (secondary N) is 2. The van der Waals surface area contributed by atoms with Gasteiger partial charge in [-0.1, -0.05) is 0 Å². The summed E-state index contributed by atoms with van der Waals surface area (Å²) in [6, 6.07) is -0.297. The smallest absolute Gasteiger partial charge is 0.321 e. The average Bonchev–Trinajstić information content (AvgIpc) is 2.90. The minimum atomic E-state index is -0.297. The van der Waals surface area contributed by atoms with Crippen molar-refractivity contribution in [1.82, 2.24) is 15.3 Å². The molecule has 0 saturated heterocycles. The predicted octanol–water partition coefficient (Wildman–Crippen LogP) is 2.33. The molecule has 2 aromatic heterocycles. The molecule has 0 aromatic carbocycles. The van der Waals surface area contributed by atoms with Crippen LogP contribution in [-0.2, 0) is 6.54 Å². The molecule has 6 nitrogen and oxygen atoms in total. The number of carbonyl (C=O) groups is 1. The highest BCUT2D eigenvalue weighted by Gasteiger charge is 2.28. The van der Waals surface area contributed by atoms with Crippen LogP contribution in [0.3, 0.4) is 0 Å². The summed E-state index contributed by atoms with van der Waals surface area (Å²) in [7, 11) is 0. The number of amides is 2. The summed E-state index contributed by atoms with van der Waals surface area (Å²) in [5.74, 6) is 1.95. The van der Waals surface area contributed by atoms with E-state index in [0.717, 1.165) is 18.7 Å². The molecule has 1 aliphatic carbocycles. The fourth-order valence-electron chi connectivity index (χ4n) is 1.52. The van der Waals surface area contributed by atoms with Crippen molar-refractivity contribution in [3.63, 3.8) is 0 Å². The Morgan fingerprint density at radius 2 is 2.39 bits per heavy atom. The van der Waals surface area contributed by atoms with E-state index in [1.807, 2.05) is 0 Å². The Balaban J connectivity index is 1.49. The Morgan fingerprint density at radius 3 is 3.11 bits per heavy atom. The Kier molecular flexibility index (Phi) is 2.97. The number of hydrogen-bond donors (Lipinski definition) is 2. The minimum absolute atomic E-state index is 0.297. The molecule has 0 radical (unpaired) electrons. The number of carbonyl (C=O) groups excluding carboxylic acids is 1. The van der Waals surface area contributed by atoms with Crippen LogP contribution in [0.15, 0.2) is 22.2 Å². The zero-order valence-electron chi connectivity index (χ0n) is 9.55. The molecule has 1 aliphatic rings. The number of aromatic nitrogens is 2. The molecule has 0 spiro atoms. The molecule has 2 aromatic rings. The van der Waals surface area contributed by atoms with E-state index in [1.165, 1.54) is 11.3 Å². The van der Waals surface area contributed by atoms with Crippen molar-refractivity contribution in [3.8, 4) is 0 Å². The maximum atomic E-state index is 11.5. The van der Waals surface area contributed by atoms with E-state index < -0.39 is 0 Å². The minimum Gasteiger partial charge on any atom is -0.444 e. The van der Waals surface area contributed by atoms with Crippen LogP contribution in [0.1, 0.15) is 30.4 Å². The molecule has 1 saturated carbocycles. The third-order valence-electron chi connectivity index (χ3n) is 2.57. The highest BCUT2D eigenvalue weighted by atomic mass is 32.1. The van der Waals surface area contributed by atoms with Crippen LogP contribution in [0.5, 0.6) is 0 Å². The van der Waals surface area contributed by atoms with Gasteiger partial charge in [0.05, 0.1) is 12.7 Å². The second-order valence-electron chi connectivity index (χ2n) is 4.08. The van der Waals surface area contributed by atoms with E-state index in [1.54, 1.807) is 17.8 Å². The molecule has 7 heteroatoms. The summed E-state index contributed by atoms with van der Waals surface area (Å²) in [6.07, 6.45) is 5.60. The van der Waals surface area contributed by atoms with Gasteiger partial charge in [-0.2, -0.15) is 0 Å². The topological polar surface area (TPSA) is 80.0 Å². The van der Waals surface area contributed by atoms with E-state index in [2.05, 4.69) is 20.6 Å². The Hall–Kier alpha value is -1.89. The summed E-state index contributed by atoms with van der Waals surface area (Å²) in [5.41, 5.74) is 0. The van der Waals surface area contributed by atoms with Crippen molar-refractivity contribution in [2.45, 2.75) is 25.3 Å². The fraction of sp³-hybridized carbons (Fsp3) is 0.364. The molecule has 2 amide bonds. The van der Waals surface area contributed by atoms with Gasteiger partial charge in [-0.3, -0.25) is 5.32 Å². The third-order valence-corrected chi connectivity index (χ3v) is 3.26. The van der Waals surface area contributed by atoms with E-state index in [4.69, 9.17) is 4.42 Å². The molecular formula is C11H12N4O2S. The lowest BCUT2D eigenvalue weighted by atomic mass is 10.4. The highest BCUT2D eigenvalue weighted by molar-refractivity contribution is 7.13. The van der Waals surface area contributed by atoms with Crippen LogP contribution in [0.4, 0.5) is 9.93 Å². The molecular weight excluding hydrogens is 252 g/mol. The van der Waals surface area contributed by atoms with Crippen LogP contribution in [-0.4, -0.2) is 16.0 Å². The first kappa shape index (κ1) is 11.2. The first-order valence-corrected chi connectivity index (χ1v) is 6.58. The number of urea groups is 1. The summed E-state index contributed by atoms with van der Waals surface area (Å²) in [5, 5.41) is 7.69. The fourth-order valence-corrected chi connectivity index (χ4v) is 2.04. The first-order chi connectivity index (χ1) is 8.81. The summed E-state index contributed by atoms with van der Waals surface area (Å²) >= 11 is 1.37. The maximum Gasteiger partial charge on any atom is 0.321 e. The second kappa shape index (κ2) is 4.77. The van der Waals surface area contributed by atoms with E-state index in [0.29, 0.717) is 23.4 Å². The van der Waals surface area contributed by atoms with E-state index >= 15 is 0 Å². The van der Waals surface area contributed by atoms with Gasteiger partial charge in [0.15, 0.2) is 11.0 Å². The third kappa shape index (κ3) is 2.67. The van der Waals surface area contributed by atoms with Gasteiger partial charge >= 0.3 is 6.03 Å². The van der Waals surface area contributed by atoms with Crippen molar-refractivity contribution in [1.29, 1.82) is 0 Å². The molecule has 1 fully saturated rings. The van der Waals surface area contributed by atoms with Crippen LogP contribution in [0.25, 0.3) is 0 Å². The van der Waals surface area contributed by atoms with Crippen LogP contribution >= 0.6 is 11.3 Å². The van der Waals surface area contributed by atoms with Gasteiger partial charge in [-0.15, -0.1) is 11.3 Å². The van der Waals surface area contributed by atoms with Gasteiger partial charge in [0.1, 0.15) is 5.76 Å². The van der Waals surface area contributed by atoms with Gasteiger partial charge < -0.3 is 9.73 Å². The molecule has 0 bridgehead atoms. The number of anilines is 1. The molecule has 2 N–H and O–H groups in total. The Morgan fingerprint density at radius 1 is 1.50 bits per heavy atom. The van der Waals surface area contributed by atoms with Crippen LogP contribution < -0.4 is 10.6 Å². The lowest BCUT2D eigenvalue weighted by molar-refractivity contribution is 0.250. The monoisotopic (exact) mass is 264 g/mol. The predicted molar refractivity (Wildman–Crippen MR) is 66.5 cm³/mol. The standard InChI is InChI=1S/C11H12N4O2S/c16-10(15-11-12-3-4-18-11)14-6-8-5-13-9(17-8)7-1-2-7/h3-5,7H,1-2,6H2,(H2,12,14,15,16). The van der Waals surface area contributed by atoms with E-state index in [9.17, 15) is 4.79 Å². The molecule has 0 atom stereocenters. The Labute approximate surface area is 107 Å². The zero-order valence-corrected chi connectivity index (χ0v) is 10.4. The largest absolute Gasteiger partial charge is 0.444 e. The molecule has 94 valence electrons. The lowest BCUT2D eigenvalue weighted by Gasteiger charge is -2.02. The SMILES string of the molecule is O=C(NCc1cnc(C2CC2)o1)Nc1nccs1.